The summed E-state index contributed by atoms with van der Waals surface area (Å²) in [5.41, 5.74) is 5.36. The minimum absolute atomic E-state index is 0.0406. The second-order valence-corrected chi connectivity index (χ2v) is 3.73. The standard InChI is InChI=1S/C8H15N3O2S/c1-10(6-7(9)14)8(12)11-2-4-13-5-3-11/h2-6H2,1H3,(H2,9,14). The molecule has 0 bridgehead atoms. The van der Waals surface area contributed by atoms with Crippen molar-refractivity contribution in [2.24, 2.45) is 5.73 Å². The SMILES string of the molecule is CN(CC(N)=S)C(=O)N1CCOCC1. The van der Waals surface area contributed by atoms with Crippen molar-refractivity contribution in [2.75, 3.05) is 39.9 Å². The van der Waals surface area contributed by atoms with Crippen LogP contribution >= 0.6 is 12.2 Å². The Balaban J connectivity index is 2.42. The predicted molar refractivity (Wildman–Crippen MR) is 57.2 cm³/mol. The van der Waals surface area contributed by atoms with Gasteiger partial charge in [0, 0.05) is 20.1 Å². The second-order valence-electron chi connectivity index (χ2n) is 3.20. The monoisotopic (exact) mass is 217 g/mol. The van der Waals surface area contributed by atoms with Gasteiger partial charge in [-0.15, -0.1) is 0 Å². The minimum Gasteiger partial charge on any atom is -0.392 e. The number of amides is 2. The Morgan fingerprint density at radius 1 is 1.57 bits per heavy atom. The Bertz CT molecular complexity index is 229. The molecule has 6 heteroatoms. The van der Waals surface area contributed by atoms with Crippen molar-refractivity contribution in [2.45, 2.75) is 0 Å². The highest BCUT2D eigenvalue weighted by atomic mass is 32.1. The van der Waals surface area contributed by atoms with E-state index in [0.29, 0.717) is 37.8 Å². The van der Waals surface area contributed by atoms with E-state index < -0.39 is 0 Å². The first-order chi connectivity index (χ1) is 6.61. The third-order valence-corrected chi connectivity index (χ3v) is 2.13. The van der Waals surface area contributed by atoms with Gasteiger partial charge >= 0.3 is 6.03 Å². The van der Waals surface area contributed by atoms with E-state index in [1.165, 1.54) is 4.90 Å². The first kappa shape index (κ1) is 11.2. The van der Waals surface area contributed by atoms with Crippen molar-refractivity contribution in [3.05, 3.63) is 0 Å². The molecular weight excluding hydrogens is 202 g/mol. The number of hydrogen-bond donors (Lipinski definition) is 1. The van der Waals surface area contributed by atoms with Crippen LogP contribution < -0.4 is 5.73 Å². The Morgan fingerprint density at radius 3 is 2.64 bits per heavy atom. The van der Waals surface area contributed by atoms with Gasteiger partial charge in [0.1, 0.15) is 0 Å². The minimum atomic E-state index is -0.0406. The van der Waals surface area contributed by atoms with Crippen LogP contribution in [-0.2, 0) is 4.74 Å². The number of nitrogens with two attached hydrogens (primary N) is 1. The van der Waals surface area contributed by atoms with Gasteiger partial charge in [-0.05, 0) is 0 Å². The van der Waals surface area contributed by atoms with Crippen LogP contribution in [0.5, 0.6) is 0 Å². The van der Waals surface area contributed by atoms with Crippen molar-refractivity contribution < 1.29 is 9.53 Å². The lowest BCUT2D eigenvalue weighted by Crippen LogP contribution is -2.48. The lowest BCUT2D eigenvalue weighted by Gasteiger charge is -2.30. The number of hydrogen-bond acceptors (Lipinski definition) is 3. The van der Waals surface area contributed by atoms with Crippen LogP contribution in [0, 0.1) is 0 Å². The molecule has 1 fully saturated rings. The van der Waals surface area contributed by atoms with E-state index in [1.54, 1.807) is 11.9 Å². The average Bonchev–Trinajstić information content (AvgIpc) is 2.17. The van der Waals surface area contributed by atoms with Gasteiger partial charge in [-0.2, -0.15) is 0 Å². The molecule has 5 nitrogen and oxygen atoms in total. The number of ether oxygens (including phenoxy) is 1. The van der Waals surface area contributed by atoms with Crippen LogP contribution in [0.15, 0.2) is 0 Å². The molecule has 1 aliphatic heterocycles. The number of likely N-dealkylation sites (N-methyl/N-ethyl adjacent to an activating group) is 1. The molecule has 0 aromatic heterocycles. The summed E-state index contributed by atoms with van der Waals surface area (Å²) >= 11 is 4.73. The summed E-state index contributed by atoms with van der Waals surface area (Å²) in [6, 6.07) is -0.0406. The fourth-order valence-electron chi connectivity index (χ4n) is 1.30. The summed E-state index contributed by atoms with van der Waals surface area (Å²) in [6.45, 7) is 2.81. The predicted octanol–water partition coefficient (Wildman–Crippen LogP) is -0.343. The molecule has 1 heterocycles. The van der Waals surface area contributed by atoms with E-state index in [1.807, 2.05) is 0 Å². The van der Waals surface area contributed by atoms with Crippen LogP contribution in [0.4, 0.5) is 4.79 Å². The van der Waals surface area contributed by atoms with E-state index >= 15 is 0 Å². The first-order valence-corrected chi connectivity index (χ1v) is 4.88. The molecule has 2 N–H and O–H groups in total. The van der Waals surface area contributed by atoms with Gasteiger partial charge in [-0.3, -0.25) is 0 Å². The normalized spacial score (nSPS) is 16.5. The van der Waals surface area contributed by atoms with Gasteiger partial charge in [0.2, 0.25) is 0 Å². The molecule has 0 radical (unpaired) electrons. The largest absolute Gasteiger partial charge is 0.392 e. The number of morpholine rings is 1. The first-order valence-electron chi connectivity index (χ1n) is 4.47. The van der Waals surface area contributed by atoms with Crippen molar-refractivity contribution in [1.29, 1.82) is 0 Å². The van der Waals surface area contributed by atoms with E-state index in [9.17, 15) is 4.79 Å². The Labute approximate surface area is 88.8 Å². The Hall–Kier alpha value is -0.880. The van der Waals surface area contributed by atoms with E-state index in [2.05, 4.69) is 0 Å². The van der Waals surface area contributed by atoms with Gasteiger partial charge in [-0.25, -0.2) is 4.79 Å². The molecule has 2 amide bonds. The molecule has 0 aromatic rings. The third kappa shape index (κ3) is 3.12. The molecule has 80 valence electrons. The zero-order valence-corrected chi connectivity index (χ0v) is 9.05. The molecular formula is C8H15N3O2S. The summed E-state index contributed by atoms with van der Waals surface area (Å²) in [5.74, 6) is 0. The second kappa shape index (κ2) is 5.11. The summed E-state index contributed by atoms with van der Waals surface area (Å²) in [5, 5.41) is 0. The molecule has 1 saturated heterocycles. The maximum absolute atomic E-state index is 11.7. The summed E-state index contributed by atoms with van der Waals surface area (Å²) in [6.07, 6.45) is 0. The van der Waals surface area contributed by atoms with Crippen LogP contribution in [-0.4, -0.2) is 60.7 Å². The molecule has 14 heavy (non-hydrogen) atoms. The van der Waals surface area contributed by atoms with Crippen LogP contribution in [0.2, 0.25) is 0 Å². The zero-order chi connectivity index (χ0) is 10.6. The average molecular weight is 217 g/mol. The fraction of sp³-hybridized carbons (Fsp3) is 0.750. The quantitative estimate of drug-likeness (QED) is 0.643. The topological polar surface area (TPSA) is 58.8 Å². The zero-order valence-electron chi connectivity index (χ0n) is 8.23. The molecule has 0 aromatic carbocycles. The molecule has 1 aliphatic rings. The van der Waals surface area contributed by atoms with Gasteiger partial charge in [0.05, 0.1) is 24.7 Å². The smallest absolute Gasteiger partial charge is 0.320 e. The highest BCUT2D eigenvalue weighted by molar-refractivity contribution is 7.80. The van der Waals surface area contributed by atoms with Crippen molar-refractivity contribution >= 4 is 23.2 Å². The number of nitrogens with zero attached hydrogens (tertiary/aromatic N) is 2. The fourth-order valence-corrected chi connectivity index (χ4v) is 1.49. The Kier molecular flexibility index (Phi) is 4.09. The number of carbonyl (C=O) groups is 1. The van der Waals surface area contributed by atoms with E-state index in [-0.39, 0.29) is 6.03 Å². The third-order valence-electron chi connectivity index (χ3n) is 2.00. The summed E-state index contributed by atoms with van der Waals surface area (Å²) in [7, 11) is 1.69. The molecule has 1 rings (SSSR count). The summed E-state index contributed by atoms with van der Waals surface area (Å²) < 4.78 is 5.15. The van der Waals surface area contributed by atoms with E-state index in [4.69, 9.17) is 22.7 Å². The van der Waals surface area contributed by atoms with Gasteiger partial charge in [0.15, 0.2) is 0 Å². The lowest BCUT2D eigenvalue weighted by molar-refractivity contribution is 0.0463. The van der Waals surface area contributed by atoms with Crippen molar-refractivity contribution in [3.63, 3.8) is 0 Å². The van der Waals surface area contributed by atoms with E-state index in [0.717, 1.165) is 0 Å². The number of carbonyl (C=O) groups excluding carboxylic acids is 1. The van der Waals surface area contributed by atoms with Crippen LogP contribution in [0.25, 0.3) is 0 Å². The molecule has 0 unspecified atom stereocenters. The highest BCUT2D eigenvalue weighted by Crippen LogP contribution is 2.01. The highest BCUT2D eigenvalue weighted by Gasteiger charge is 2.20. The number of thiocarbonyl (C=S) groups is 1. The van der Waals surface area contributed by atoms with Crippen LogP contribution in [0.3, 0.4) is 0 Å². The molecule has 0 aliphatic carbocycles. The van der Waals surface area contributed by atoms with Crippen LogP contribution in [0.1, 0.15) is 0 Å². The Morgan fingerprint density at radius 2 is 2.14 bits per heavy atom. The molecule has 0 spiro atoms. The molecule has 0 atom stereocenters. The number of rotatable bonds is 2. The maximum Gasteiger partial charge on any atom is 0.320 e. The van der Waals surface area contributed by atoms with Crippen molar-refractivity contribution in [3.8, 4) is 0 Å². The lowest BCUT2D eigenvalue weighted by atomic mass is 10.4. The van der Waals surface area contributed by atoms with Gasteiger partial charge in [0.25, 0.3) is 0 Å². The van der Waals surface area contributed by atoms with Gasteiger partial charge < -0.3 is 20.3 Å². The van der Waals surface area contributed by atoms with Crippen molar-refractivity contribution in [1.82, 2.24) is 9.80 Å². The maximum atomic E-state index is 11.7. The van der Waals surface area contributed by atoms with Gasteiger partial charge in [-0.1, -0.05) is 12.2 Å². The molecule has 0 saturated carbocycles. The summed E-state index contributed by atoms with van der Waals surface area (Å²) in [4.78, 5) is 15.3. The number of urea groups is 1.